The molecule has 0 saturated carbocycles. The van der Waals surface area contributed by atoms with Crippen LogP contribution in [-0.4, -0.2) is 11.9 Å². The number of rotatable bonds is 3. The number of hydrogen-bond donors (Lipinski definition) is 0. The van der Waals surface area contributed by atoms with E-state index in [1.807, 2.05) is 30.3 Å². The third-order valence-electron chi connectivity index (χ3n) is 2.28. The summed E-state index contributed by atoms with van der Waals surface area (Å²) in [6.45, 7) is 1.75. The van der Waals surface area contributed by atoms with Crippen LogP contribution in [0.5, 0.6) is 0 Å². The highest BCUT2D eigenvalue weighted by atomic mass is 16.5. The summed E-state index contributed by atoms with van der Waals surface area (Å²) in [5.41, 5.74) is 0.820. The molecule has 5 heteroatoms. The Kier molecular flexibility index (Phi) is 3.09. The predicted molar refractivity (Wildman–Crippen MR) is 58.9 cm³/mol. The van der Waals surface area contributed by atoms with Crippen molar-refractivity contribution >= 4 is 11.9 Å². The molecule has 17 heavy (non-hydrogen) atoms. The van der Waals surface area contributed by atoms with Crippen LogP contribution in [0, 0.1) is 0 Å². The fourth-order valence-corrected chi connectivity index (χ4v) is 1.39. The molecule has 0 fully saturated rings. The number of nitrogens with zero attached hydrogens (tertiary/aromatic N) is 2. The number of ether oxygens (including phenoxy) is 1. The number of amides is 1. The second-order valence-corrected chi connectivity index (χ2v) is 3.53. The molecule has 1 aromatic rings. The number of hydrogen-bond acceptors (Lipinski definition) is 4. The SMILES string of the molecule is CC(OC(=O)C1=CC(=O)N=N1)c1ccccc1. The lowest BCUT2D eigenvalue weighted by atomic mass is 10.1. The molecule has 1 aliphatic heterocycles. The van der Waals surface area contributed by atoms with E-state index in [2.05, 4.69) is 10.2 Å². The van der Waals surface area contributed by atoms with Crippen LogP contribution < -0.4 is 0 Å². The number of azo groups is 1. The molecule has 0 spiro atoms. The van der Waals surface area contributed by atoms with Crippen molar-refractivity contribution < 1.29 is 14.3 Å². The average molecular weight is 230 g/mol. The zero-order chi connectivity index (χ0) is 12.3. The molecule has 0 aliphatic carbocycles. The average Bonchev–Trinajstić information content (AvgIpc) is 2.77. The molecule has 1 heterocycles. The Hall–Kier alpha value is -2.30. The topological polar surface area (TPSA) is 68.1 Å². The summed E-state index contributed by atoms with van der Waals surface area (Å²) in [7, 11) is 0. The van der Waals surface area contributed by atoms with Crippen molar-refractivity contribution in [2.45, 2.75) is 13.0 Å². The summed E-state index contributed by atoms with van der Waals surface area (Å²) in [4.78, 5) is 22.3. The maximum atomic E-state index is 11.6. The Balaban J connectivity index is 2.03. The molecule has 2 rings (SSSR count). The highest BCUT2D eigenvalue weighted by molar-refractivity contribution is 6.00. The third kappa shape index (κ3) is 2.63. The van der Waals surface area contributed by atoms with Crippen molar-refractivity contribution in [2.75, 3.05) is 0 Å². The van der Waals surface area contributed by atoms with Gasteiger partial charge in [0.05, 0.1) is 0 Å². The highest BCUT2D eigenvalue weighted by Crippen LogP contribution is 2.19. The van der Waals surface area contributed by atoms with Gasteiger partial charge in [-0.3, -0.25) is 4.79 Å². The molecule has 1 unspecified atom stereocenters. The second-order valence-electron chi connectivity index (χ2n) is 3.53. The maximum Gasteiger partial charge on any atom is 0.359 e. The van der Waals surface area contributed by atoms with Gasteiger partial charge in [0.25, 0.3) is 5.91 Å². The monoisotopic (exact) mass is 230 g/mol. The largest absolute Gasteiger partial charge is 0.453 e. The maximum absolute atomic E-state index is 11.6. The van der Waals surface area contributed by atoms with Crippen LogP contribution in [0.25, 0.3) is 0 Å². The molecule has 1 amide bonds. The van der Waals surface area contributed by atoms with E-state index in [4.69, 9.17) is 4.74 Å². The minimum Gasteiger partial charge on any atom is -0.453 e. The van der Waals surface area contributed by atoms with Gasteiger partial charge in [0.2, 0.25) is 0 Å². The Morgan fingerprint density at radius 2 is 1.94 bits per heavy atom. The van der Waals surface area contributed by atoms with E-state index in [0.717, 1.165) is 11.6 Å². The van der Waals surface area contributed by atoms with Crippen molar-refractivity contribution in [1.82, 2.24) is 0 Å². The quantitative estimate of drug-likeness (QED) is 0.747. The first kappa shape index (κ1) is 11.2. The van der Waals surface area contributed by atoms with Crippen LogP contribution in [0.15, 0.2) is 52.3 Å². The van der Waals surface area contributed by atoms with Gasteiger partial charge in [-0.25, -0.2) is 4.79 Å². The second kappa shape index (κ2) is 4.69. The molecule has 1 aliphatic rings. The Morgan fingerprint density at radius 3 is 2.53 bits per heavy atom. The van der Waals surface area contributed by atoms with E-state index in [-0.39, 0.29) is 5.70 Å². The third-order valence-corrected chi connectivity index (χ3v) is 2.28. The van der Waals surface area contributed by atoms with Crippen molar-refractivity contribution in [3.05, 3.63) is 47.7 Å². The molecule has 0 N–H and O–H groups in total. The van der Waals surface area contributed by atoms with Crippen LogP contribution >= 0.6 is 0 Å². The fraction of sp³-hybridized carbons (Fsp3) is 0.167. The molecular formula is C12H10N2O3. The first-order chi connectivity index (χ1) is 8.16. The molecular weight excluding hydrogens is 220 g/mol. The zero-order valence-electron chi connectivity index (χ0n) is 9.16. The Labute approximate surface area is 97.8 Å². The summed E-state index contributed by atoms with van der Waals surface area (Å²) in [6, 6.07) is 9.31. The van der Waals surface area contributed by atoms with Crippen LogP contribution in [0.3, 0.4) is 0 Å². The Bertz CT molecular complexity index is 506. The minimum atomic E-state index is -0.643. The molecule has 1 atom stereocenters. The fourth-order valence-electron chi connectivity index (χ4n) is 1.39. The number of carbonyl (C=O) groups is 2. The summed E-state index contributed by atoms with van der Waals surface area (Å²) >= 11 is 0. The minimum absolute atomic E-state index is 0.0576. The summed E-state index contributed by atoms with van der Waals surface area (Å²) in [6.07, 6.45) is 0.663. The van der Waals surface area contributed by atoms with Gasteiger partial charge in [0.15, 0.2) is 5.70 Å². The first-order valence-corrected chi connectivity index (χ1v) is 5.10. The van der Waals surface area contributed by atoms with Crippen LogP contribution in [-0.2, 0) is 14.3 Å². The zero-order valence-corrected chi connectivity index (χ0v) is 9.16. The van der Waals surface area contributed by atoms with E-state index in [1.54, 1.807) is 6.92 Å². The van der Waals surface area contributed by atoms with Crippen molar-refractivity contribution in [3.8, 4) is 0 Å². The molecule has 86 valence electrons. The lowest BCUT2D eigenvalue weighted by Crippen LogP contribution is -2.09. The van der Waals surface area contributed by atoms with E-state index < -0.39 is 18.0 Å². The number of benzene rings is 1. The van der Waals surface area contributed by atoms with Crippen molar-refractivity contribution in [2.24, 2.45) is 10.2 Å². The van der Waals surface area contributed by atoms with Crippen LogP contribution in [0.1, 0.15) is 18.6 Å². The number of carbonyl (C=O) groups excluding carboxylic acids is 2. The van der Waals surface area contributed by atoms with Gasteiger partial charge in [-0.2, -0.15) is 0 Å². The molecule has 0 bridgehead atoms. The smallest absolute Gasteiger partial charge is 0.359 e. The van der Waals surface area contributed by atoms with E-state index in [0.29, 0.717) is 0 Å². The molecule has 0 radical (unpaired) electrons. The van der Waals surface area contributed by atoms with Gasteiger partial charge >= 0.3 is 5.97 Å². The van der Waals surface area contributed by atoms with Gasteiger partial charge in [0, 0.05) is 6.08 Å². The van der Waals surface area contributed by atoms with Gasteiger partial charge in [0.1, 0.15) is 6.10 Å². The lowest BCUT2D eigenvalue weighted by molar-refractivity contribution is -0.143. The van der Waals surface area contributed by atoms with Crippen LogP contribution in [0.4, 0.5) is 0 Å². The summed E-state index contributed by atoms with van der Waals surface area (Å²) < 4.78 is 5.16. The Morgan fingerprint density at radius 1 is 1.24 bits per heavy atom. The standard InChI is InChI=1S/C12H10N2O3/c1-8(9-5-3-2-4-6-9)17-12(16)10-7-11(15)14-13-10/h2-8H,1H3. The first-order valence-electron chi connectivity index (χ1n) is 5.10. The van der Waals surface area contributed by atoms with Crippen molar-refractivity contribution in [1.29, 1.82) is 0 Å². The lowest BCUT2D eigenvalue weighted by Gasteiger charge is -2.12. The summed E-state index contributed by atoms with van der Waals surface area (Å²) in [5.74, 6) is -1.18. The van der Waals surface area contributed by atoms with Gasteiger partial charge in [-0.1, -0.05) is 30.3 Å². The number of esters is 1. The predicted octanol–water partition coefficient (Wildman–Crippen LogP) is 2.17. The van der Waals surface area contributed by atoms with E-state index >= 15 is 0 Å². The molecule has 0 saturated heterocycles. The molecule has 1 aromatic carbocycles. The van der Waals surface area contributed by atoms with E-state index in [1.165, 1.54) is 0 Å². The van der Waals surface area contributed by atoms with E-state index in [9.17, 15) is 9.59 Å². The van der Waals surface area contributed by atoms with Crippen LogP contribution in [0.2, 0.25) is 0 Å². The van der Waals surface area contributed by atoms with Gasteiger partial charge in [-0.05, 0) is 12.5 Å². The molecule has 0 aromatic heterocycles. The van der Waals surface area contributed by atoms with Gasteiger partial charge in [-0.15, -0.1) is 10.2 Å². The molecule has 5 nitrogen and oxygen atoms in total. The van der Waals surface area contributed by atoms with Crippen molar-refractivity contribution in [3.63, 3.8) is 0 Å². The normalized spacial score (nSPS) is 15.6. The summed E-state index contributed by atoms with van der Waals surface area (Å²) in [5, 5.41) is 6.64. The highest BCUT2D eigenvalue weighted by Gasteiger charge is 2.20. The van der Waals surface area contributed by atoms with Gasteiger partial charge < -0.3 is 4.74 Å².